The van der Waals surface area contributed by atoms with Gasteiger partial charge in [-0.3, -0.25) is 0 Å². The molecule has 88 valence electrons. The molecule has 1 aliphatic rings. The fourth-order valence-corrected chi connectivity index (χ4v) is 2.21. The third-order valence-electron chi connectivity index (χ3n) is 3.14. The molecule has 1 fully saturated rings. The summed E-state index contributed by atoms with van der Waals surface area (Å²) in [5.41, 5.74) is 0. The van der Waals surface area contributed by atoms with Crippen molar-refractivity contribution in [2.75, 3.05) is 13.1 Å². The summed E-state index contributed by atoms with van der Waals surface area (Å²) < 4.78 is 0. The van der Waals surface area contributed by atoms with Crippen LogP contribution < -0.4 is 5.32 Å². The predicted octanol–water partition coefficient (Wildman–Crippen LogP) is 2.62. The van der Waals surface area contributed by atoms with Gasteiger partial charge in [-0.25, -0.2) is 4.79 Å². The van der Waals surface area contributed by atoms with Crippen LogP contribution in [0.15, 0.2) is 0 Å². The third-order valence-corrected chi connectivity index (χ3v) is 3.14. The molecule has 1 atom stereocenters. The highest BCUT2D eigenvalue weighted by molar-refractivity contribution is 5.74. The zero-order valence-corrected chi connectivity index (χ0v) is 10.3. The zero-order chi connectivity index (χ0) is 11.3. The molecule has 0 aromatic rings. The lowest BCUT2D eigenvalue weighted by molar-refractivity contribution is 0.179. The highest BCUT2D eigenvalue weighted by Crippen LogP contribution is 2.23. The highest BCUT2D eigenvalue weighted by atomic mass is 16.2. The average molecular weight is 212 g/mol. The number of carbonyl (C=O) groups excluding carboxylic acids is 1. The topological polar surface area (TPSA) is 32.3 Å². The minimum Gasteiger partial charge on any atom is -0.338 e. The molecule has 0 aromatic heterocycles. The van der Waals surface area contributed by atoms with Gasteiger partial charge in [-0.15, -0.1) is 0 Å². The predicted molar refractivity (Wildman–Crippen MR) is 62.9 cm³/mol. The van der Waals surface area contributed by atoms with E-state index in [4.69, 9.17) is 0 Å². The molecule has 0 spiro atoms. The first-order chi connectivity index (χ1) is 7.16. The highest BCUT2D eigenvalue weighted by Gasteiger charge is 2.30. The number of hydrogen-bond acceptors (Lipinski definition) is 1. The Morgan fingerprint density at radius 1 is 1.53 bits per heavy atom. The van der Waals surface area contributed by atoms with E-state index in [-0.39, 0.29) is 6.03 Å². The number of amides is 2. The minimum absolute atomic E-state index is 0.139. The van der Waals surface area contributed by atoms with Crippen molar-refractivity contribution in [2.45, 2.75) is 52.5 Å². The molecule has 2 amide bonds. The first kappa shape index (κ1) is 12.3. The minimum atomic E-state index is 0.139. The Labute approximate surface area is 93.2 Å². The maximum atomic E-state index is 11.8. The standard InChI is InChI=1S/C12H24N2O/c1-4-5-8-13-12(15)14-9-6-7-11(14)10(2)3/h10-11H,4-9H2,1-3H3,(H,13,15). The van der Waals surface area contributed by atoms with Crippen LogP contribution in [0.4, 0.5) is 4.79 Å². The van der Waals surface area contributed by atoms with Crippen molar-refractivity contribution in [3.05, 3.63) is 0 Å². The van der Waals surface area contributed by atoms with E-state index in [9.17, 15) is 4.79 Å². The largest absolute Gasteiger partial charge is 0.338 e. The quantitative estimate of drug-likeness (QED) is 0.714. The Kier molecular flexibility index (Phi) is 4.92. The first-order valence-corrected chi connectivity index (χ1v) is 6.21. The Hall–Kier alpha value is -0.730. The summed E-state index contributed by atoms with van der Waals surface area (Å²) >= 11 is 0. The van der Waals surface area contributed by atoms with Crippen molar-refractivity contribution < 1.29 is 4.79 Å². The maximum absolute atomic E-state index is 11.8. The van der Waals surface area contributed by atoms with Crippen LogP contribution in [0.1, 0.15) is 46.5 Å². The number of nitrogens with zero attached hydrogens (tertiary/aromatic N) is 1. The van der Waals surface area contributed by atoms with Crippen molar-refractivity contribution >= 4 is 6.03 Å². The number of hydrogen-bond donors (Lipinski definition) is 1. The second-order valence-electron chi connectivity index (χ2n) is 4.73. The van der Waals surface area contributed by atoms with Crippen LogP contribution in [0, 0.1) is 5.92 Å². The fraction of sp³-hybridized carbons (Fsp3) is 0.917. The van der Waals surface area contributed by atoms with Crippen molar-refractivity contribution in [2.24, 2.45) is 5.92 Å². The van der Waals surface area contributed by atoms with Crippen LogP contribution in [-0.2, 0) is 0 Å². The van der Waals surface area contributed by atoms with E-state index in [1.54, 1.807) is 0 Å². The van der Waals surface area contributed by atoms with Gasteiger partial charge in [-0.1, -0.05) is 27.2 Å². The van der Waals surface area contributed by atoms with Crippen molar-refractivity contribution in [1.82, 2.24) is 10.2 Å². The molecule has 1 N–H and O–H groups in total. The van der Waals surface area contributed by atoms with Crippen LogP contribution in [0.25, 0.3) is 0 Å². The normalized spacial score (nSPS) is 21.1. The van der Waals surface area contributed by atoms with E-state index >= 15 is 0 Å². The summed E-state index contributed by atoms with van der Waals surface area (Å²) in [7, 11) is 0. The molecule has 0 bridgehead atoms. The van der Waals surface area contributed by atoms with Gasteiger partial charge in [0.1, 0.15) is 0 Å². The molecule has 1 unspecified atom stereocenters. The van der Waals surface area contributed by atoms with Gasteiger partial charge in [0.15, 0.2) is 0 Å². The molecule has 1 aliphatic heterocycles. The molecule has 0 saturated carbocycles. The smallest absolute Gasteiger partial charge is 0.317 e. The van der Waals surface area contributed by atoms with Crippen molar-refractivity contribution in [3.8, 4) is 0 Å². The number of urea groups is 1. The zero-order valence-electron chi connectivity index (χ0n) is 10.3. The van der Waals surface area contributed by atoms with Gasteiger partial charge >= 0.3 is 6.03 Å². The second kappa shape index (κ2) is 5.99. The molecular formula is C12H24N2O. The molecule has 0 aromatic carbocycles. The lowest BCUT2D eigenvalue weighted by Crippen LogP contribution is -2.44. The lowest BCUT2D eigenvalue weighted by atomic mass is 10.0. The first-order valence-electron chi connectivity index (χ1n) is 6.21. The molecule has 1 saturated heterocycles. The summed E-state index contributed by atoms with van der Waals surface area (Å²) in [6.45, 7) is 8.28. The monoisotopic (exact) mass is 212 g/mol. The van der Waals surface area contributed by atoms with Crippen LogP contribution in [0.5, 0.6) is 0 Å². The third kappa shape index (κ3) is 3.40. The summed E-state index contributed by atoms with van der Waals surface area (Å²) in [5.74, 6) is 0.574. The van der Waals surface area contributed by atoms with Gasteiger partial charge in [0.2, 0.25) is 0 Å². The van der Waals surface area contributed by atoms with E-state index in [0.717, 1.165) is 32.4 Å². The van der Waals surface area contributed by atoms with Gasteiger partial charge < -0.3 is 10.2 Å². The summed E-state index contributed by atoms with van der Waals surface area (Å²) in [6.07, 6.45) is 4.53. The molecule has 0 radical (unpaired) electrons. The van der Waals surface area contributed by atoms with E-state index in [2.05, 4.69) is 26.1 Å². The Bertz CT molecular complexity index is 204. The summed E-state index contributed by atoms with van der Waals surface area (Å²) in [5, 5.41) is 3.00. The second-order valence-corrected chi connectivity index (χ2v) is 4.73. The number of unbranched alkanes of at least 4 members (excludes halogenated alkanes) is 1. The molecule has 0 aliphatic carbocycles. The molecule has 3 nitrogen and oxygen atoms in total. The number of rotatable bonds is 4. The van der Waals surface area contributed by atoms with Crippen LogP contribution in [0.3, 0.4) is 0 Å². The number of likely N-dealkylation sites (tertiary alicyclic amines) is 1. The van der Waals surface area contributed by atoms with Crippen LogP contribution >= 0.6 is 0 Å². The SMILES string of the molecule is CCCCNC(=O)N1CCCC1C(C)C. The molecule has 3 heteroatoms. The van der Waals surface area contributed by atoms with Gasteiger partial charge in [0.05, 0.1) is 0 Å². The summed E-state index contributed by atoms with van der Waals surface area (Å²) in [4.78, 5) is 13.9. The number of nitrogens with one attached hydrogen (secondary N) is 1. The Morgan fingerprint density at radius 2 is 2.27 bits per heavy atom. The molecule has 1 rings (SSSR count). The molecule has 1 heterocycles. The van der Waals surface area contributed by atoms with Gasteiger partial charge in [0, 0.05) is 19.1 Å². The summed E-state index contributed by atoms with van der Waals surface area (Å²) in [6, 6.07) is 0.589. The Morgan fingerprint density at radius 3 is 2.87 bits per heavy atom. The van der Waals surface area contributed by atoms with Crippen molar-refractivity contribution in [1.29, 1.82) is 0 Å². The molecule has 15 heavy (non-hydrogen) atoms. The van der Waals surface area contributed by atoms with Crippen LogP contribution in [-0.4, -0.2) is 30.1 Å². The molecular weight excluding hydrogens is 188 g/mol. The van der Waals surface area contributed by atoms with Gasteiger partial charge in [-0.2, -0.15) is 0 Å². The van der Waals surface area contributed by atoms with Crippen molar-refractivity contribution in [3.63, 3.8) is 0 Å². The van der Waals surface area contributed by atoms with Gasteiger partial charge in [-0.05, 0) is 25.2 Å². The van der Waals surface area contributed by atoms with Crippen LogP contribution in [0.2, 0.25) is 0 Å². The Balaban J connectivity index is 2.37. The fourth-order valence-electron chi connectivity index (χ4n) is 2.21. The van der Waals surface area contributed by atoms with E-state index < -0.39 is 0 Å². The van der Waals surface area contributed by atoms with E-state index in [0.29, 0.717) is 12.0 Å². The number of carbonyl (C=O) groups is 1. The maximum Gasteiger partial charge on any atom is 0.317 e. The average Bonchev–Trinajstić information content (AvgIpc) is 2.66. The van der Waals surface area contributed by atoms with E-state index in [1.165, 1.54) is 6.42 Å². The van der Waals surface area contributed by atoms with E-state index in [1.807, 2.05) is 4.90 Å². The lowest BCUT2D eigenvalue weighted by Gasteiger charge is -2.27. The van der Waals surface area contributed by atoms with Gasteiger partial charge in [0.25, 0.3) is 0 Å².